The van der Waals surface area contributed by atoms with Crippen LogP contribution in [0.1, 0.15) is 39.0 Å². The molecule has 4 unspecified atom stereocenters. The largest absolute Gasteiger partial charge is 0.481 e. The first-order valence-electron chi connectivity index (χ1n) is 7.41. The highest BCUT2D eigenvalue weighted by molar-refractivity contribution is 5.79. The molecule has 3 rings (SSSR count). The number of hydrogen-bond acceptors (Lipinski definition) is 3. The normalized spacial score (nSPS) is 40.2. The summed E-state index contributed by atoms with van der Waals surface area (Å²) in [5.41, 5.74) is -0.821. The zero-order valence-corrected chi connectivity index (χ0v) is 11.8. The molecule has 0 aromatic rings. The van der Waals surface area contributed by atoms with Crippen LogP contribution in [-0.2, 0) is 4.79 Å². The third-order valence-corrected chi connectivity index (χ3v) is 5.02. The third-order valence-electron chi connectivity index (χ3n) is 5.02. The van der Waals surface area contributed by atoms with Crippen LogP contribution in [0.2, 0.25) is 0 Å². The fraction of sp³-hybridized carbons (Fsp3) is 0.857. The van der Waals surface area contributed by atoms with E-state index in [1.807, 2.05) is 0 Å². The predicted octanol–water partition coefficient (Wildman–Crippen LogP) is 0.891. The average molecular weight is 282 g/mol. The summed E-state index contributed by atoms with van der Waals surface area (Å²) in [6, 6.07) is -0.168. The fourth-order valence-electron chi connectivity index (χ4n) is 4.10. The second kappa shape index (κ2) is 4.62. The lowest BCUT2D eigenvalue weighted by Crippen LogP contribution is -2.54. The minimum Gasteiger partial charge on any atom is -0.481 e. The quantitative estimate of drug-likeness (QED) is 0.748. The minimum absolute atomic E-state index is 0.0699. The van der Waals surface area contributed by atoms with E-state index in [1.54, 1.807) is 16.7 Å². The van der Waals surface area contributed by atoms with Gasteiger partial charge in [0.2, 0.25) is 0 Å². The lowest BCUT2D eigenvalue weighted by Gasteiger charge is -2.39. The number of aliphatic carboxylic acids is 1. The van der Waals surface area contributed by atoms with E-state index in [0.717, 1.165) is 19.3 Å². The number of hydrogen-bond donors (Lipinski definition) is 2. The predicted molar refractivity (Wildman–Crippen MR) is 71.2 cm³/mol. The molecule has 3 heterocycles. The standard InChI is InChI=1S/C14H22N2O4/c1-14(20)5-2-6-15(8-14)13(19)16-9-3-4-11(16)10(7-9)12(17)18/h9-11,20H,2-8H2,1H3,(H,17,18). The Morgan fingerprint density at radius 1 is 1.30 bits per heavy atom. The second-order valence-electron chi connectivity index (χ2n) is 6.69. The maximum Gasteiger partial charge on any atom is 0.320 e. The number of carboxylic acids is 1. The first-order valence-corrected chi connectivity index (χ1v) is 7.41. The molecule has 0 aliphatic carbocycles. The molecule has 3 saturated heterocycles. The summed E-state index contributed by atoms with van der Waals surface area (Å²) in [5.74, 6) is -1.20. The molecule has 0 saturated carbocycles. The fourth-order valence-corrected chi connectivity index (χ4v) is 4.10. The Labute approximate surface area is 118 Å². The van der Waals surface area contributed by atoms with Gasteiger partial charge in [-0.15, -0.1) is 0 Å². The zero-order chi connectivity index (χ0) is 14.5. The number of likely N-dealkylation sites (tertiary alicyclic amines) is 1. The molecular formula is C14H22N2O4. The van der Waals surface area contributed by atoms with Crippen LogP contribution in [0.25, 0.3) is 0 Å². The molecule has 0 radical (unpaired) electrons. The number of β-amino-alcohol motifs (C(OH)–C–C–N with tert-alkyl or cyclic N) is 1. The maximum atomic E-state index is 12.7. The molecule has 0 aromatic carbocycles. The van der Waals surface area contributed by atoms with Gasteiger partial charge in [-0.2, -0.15) is 0 Å². The number of carboxylic acid groups (broad SMARTS) is 1. The number of nitrogens with zero attached hydrogens (tertiary/aromatic N) is 2. The van der Waals surface area contributed by atoms with Gasteiger partial charge in [0.25, 0.3) is 0 Å². The lowest BCUT2D eigenvalue weighted by atomic mass is 9.89. The molecule has 3 fully saturated rings. The van der Waals surface area contributed by atoms with Crippen LogP contribution in [-0.4, -0.2) is 62.8 Å². The van der Waals surface area contributed by atoms with Crippen molar-refractivity contribution in [3.05, 3.63) is 0 Å². The number of piperidine rings is 1. The number of urea groups is 1. The van der Waals surface area contributed by atoms with Crippen molar-refractivity contribution in [3.8, 4) is 0 Å². The number of carbonyl (C=O) groups is 2. The molecule has 20 heavy (non-hydrogen) atoms. The van der Waals surface area contributed by atoms with E-state index in [-0.39, 0.29) is 18.1 Å². The van der Waals surface area contributed by atoms with Gasteiger partial charge in [0.1, 0.15) is 0 Å². The minimum atomic E-state index is -0.821. The zero-order valence-electron chi connectivity index (χ0n) is 11.8. The Balaban J connectivity index is 1.73. The SMILES string of the molecule is CC1(O)CCCN(C(=O)N2C3CCC2C(C(=O)O)C3)C1. The first-order chi connectivity index (χ1) is 9.39. The number of carbonyl (C=O) groups excluding carboxylic acids is 1. The Morgan fingerprint density at radius 2 is 2.05 bits per heavy atom. The van der Waals surface area contributed by atoms with Crippen molar-refractivity contribution in [2.24, 2.45) is 5.92 Å². The van der Waals surface area contributed by atoms with Crippen molar-refractivity contribution in [1.82, 2.24) is 9.80 Å². The lowest BCUT2D eigenvalue weighted by molar-refractivity contribution is -0.142. The van der Waals surface area contributed by atoms with Crippen molar-refractivity contribution in [2.75, 3.05) is 13.1 Å². The molecule has 0 aromatic heterocycles. The number of aliphatic hydroxyl groups is 1. The summed E-state index contributed by atoms with van der Waals surface area (Å²) in [7, 11) is 0. The number of fused-ring (bicyclic) bond motifs is 2. The molecule has 2 amide bonds. The van der Waals surface area contributed by atoms with Gasteiger partial charge in [-0.3, -0.25) is 4.79 Å². The van der Waals surface area contributed by atoms with E-state index in [2.05, 4.69) is 0 Å². The van der Waals surface area contributed by atoms with Gasteiger partial charge in [0.05, 0.1) is 18.1 Å². The summed E-state index contributed by atoms with van der Waals surface area (Å²) >= 11 is 0. The molecule has 3 aliphatic heterocycles. The van der Waals surface area contributed by atoms with Crippen LogP contribution in [0.15, 0.2) is 0 Å². The highest BCUT2D eigenvalue weighted by Crippen LogP contribution is 2.42. The van der Waals surface area contributed by atoms with Crippen LogP contribution in [0.5, 0.6) is 0 Å². The maximum absolute atomic E-state index is 12.7. The smallest absolute Gasteiger partial charge is 0.320 e. The van der Waals surface area contributed by atoms with Crippen LogP contribution in [0.3, 0.4) is 0 Å². The van der Waals surface area contributed by atoms with Crippen LogP contribution < -0.4 is 0 Å². The van der Waals surface area contributed by atoms with Crippen molar-refractivity contribution < 1.29 is 19.8 Å². The Hall–Kier alpha value is -1.30. The van der Waals surface area contributed by atoms with E-state index in [9.17, 15) is 19.8 Å². The van der Waals surface area contributed by atoms with E-state index < -0.39 is 17.5 Å². The highest BCUT2D eigenvalue weighted by Gasteiger charge is 2.52. The first kappa shape index (κ1) is 13.7. The van der Waals surface area contributed by atoms with Gasteiger partial charge in [0, 0.05) is 18.6 Å². The van der Waals surface area contributed by atoms with Crippen molar-refractivity contribution in [2.45, 2.75) is 56.7 Å². The Kier molecular flexibility index (Phi) is 3.16. The van der Waals surface area contributed by atoms with Gasteiger partial charge in [-0.05, 0) is 39.0 Å². The second-order valence-corrected chi connectivity index (χ2v) is 6.69. The molecule has 2 N–H and O–H groups in total. The summed E-state index contributed by atoms with van der Waals surface area (Å²) in [6.07, 6.45) is 3.78. The van der Waals surface area contributed by atoms with Crippen molar-refractivity contribution >= 4 is 12.0 Å². The van der Waals surface area contributed by atoms with E-state index in [0.29, 0.717) is 25.9 Å². The third kappa shape index (κ3) is 2.16. The average Bonchev–Trinajstić information content (AvgIpc) is 2.94. The van der Waals surface area contributed by atoms with Crippen molar-refractivity contribution in [1.29, 1.82) is 0 Å². The molecule has 6 nitrogen and oxygen atoms in total. The van der Waals surface area contributed by atoms with Crippen LogP contribution in [0.4, 0.5) is 4.79 Å². The van der Waals surface area contributed by atoms with E-state index >= 15 is 0 Å². The molecule has 4 atom stereocenters. The summed E-state index contributed by atoms with van der Waals surface area (Å²) in [4.78, 5) is 27.4. The van der Waals surface area contributed by atoms with Crippen LogP contribution >= 0.6 is 0 Å². The van der Waals surface area contributed by atoms with Crippen LogP contribution in [0, 0.1) is 5.92 Å². The molecular weight excluding hydrogens is 260 g/mol. The molecule has 0 spiro atoms. The number of amides is 2. The summed E-state index contributed by atoms with van der Waals surface area (Å²) in [6.45, 7) is 2.76. The molecule has 3 aliphatic rings. The molecule has 6 heteroatoms. The number of rotatable bonds is 1. The highest BCUT2D eigenvalue weighted by atomic mass is 16.4. The molecule has 2 bridgehead atoms. The summed E-state index contributed by atoms with van der Waals surface area (Å²) < 4.78 is 0. The summed E-state index contributed by atoms with van der Waals surface area (Å²) in [5, 5.41) is 19.4. The van der Waals surface area contributed by atoms with Gasteiger partial charge >= 0.3 is 12.0 Å². The Bertz CT molecular complexity index is 437. The molecule has 112 valence electrons. The van der Waals surface area contributed by atoms with Gasteiger partial charge < -0.3 is 20.0 Å². The topological polar surface area (TPSA) is 81.1 Å². The van der Waals surface area contributed by atoms with Crippen molar-refractivity contribution in [3.63, 3.8) is 0 Å². The Morgan fingerprint density at radius 3 is 2.65 bits per heavy atom. The monoisotopic (exact) mass is 282 g/mol. The van der Waals surface area contributed by atoms with E-state index in [4.69, 9.17) is 0 Å². The van der Waals surface area contributed by atoms with Gasteiger partial charge in [0.15, 0.2) is 0 Å². The van der Waals surface area contributed by atoms with Gasteiger partial charge in [-0.1, -0.05) is 0 Å². The van der Waals surface area contributed by atoms with Gasteiger partial charge in [-0.25, -0.2) is 4.79 Å². The van der Waals surface area contributed by atoms with E-state index in [1.165, 1.54) is 0 Å².